The summed E-state index contributed by atoms with van der Waals surface area (Å²) < 4.78 is 4.92. The molecule has 9 heteroatoms. The highest BCUT2D eigenvalue weighted by atomic mass is 32.1. The Morgan fingerprint density at radius 2 is 2.04 bits per heavy atom. The first-order valence-electron chi connectivity index (χ1n) is 7.94. The molecule has 3 rings (SSSR count). The molecular weight excluding hydrogens is 360 g/mol. The van der Waals surface area contributed by atoms with E-state index in [-0.39, 0.29) is 27.6 Å². The molecule has 0 saturated carbocycles. The molecular formula is C17H16N2O6S. The van der Waals surface area contributed by atoms with Gasteiger partial charge in [0.05, 0.1) is 17.6 Å². The lowest BCUT2D eigenvalue weighted by Gasteiger charge is -2.10. The highest BCUT2D eigenvalue weighted by Crippen LogP contribution is 2.38. The van der Waals surface area contributed by atoms with Gasteiger partial charge in [0.2, 0.25) is 0 Å². The topological polar surface area (TPSA) is 119 Å². The first kappa shape index (κ1) is 17.9. The molecule has 0 unspecified atom stereocenters. The van der Waals surface area contributed by atoms with Crippen LogP contribution in [0.15, 0.2) is 18.2 Å². The van der Waals surface area contributed by atoms with Gasteiger partial charge in [-0.3, -0.25) is 14.9 Å². The van der Waals surface area contributed by atoms with E-state index in [2.05, 4.69) is 5.32 Å². The smallest absolute Gasteiger partial charge is 0.339 e. The number of carboxylic acids is 1. The van der Waals surface area contributed by atoms with E-state index in [9.17, 15) is 24.8 Å². The molecule has 1 aliphatic carbocycles. The molecule has 0 fully saturated rings. The van der Waals surface area contributed by atoms with Gasteiger partial charge < -0.3 is 15.2 Å². The molecule has 0 atom stereocenters. The number of ether oxygens (including phenoxy) is 1. The van der Waals surface area contributed by atoms with E-state index >= 15 is 0 Å². The summed E-state index contributed by atoms with van der Waals surface area (Å²) in [6.07, 6.45) is 3.38. The minimum atomic E-state index is -1.08. The molecule has 26 heavy (non-hydrogen) atoms. The van der Waals surface area contributed by atoms with Crippen LogP contribution in [0.25, 0.3) is 0 Å². The number of hydrogen-bond acceptors (Lipinski definition) is 6. The van der Waals surface area contributed by atoms with Crippen LogP contribution in [-0.4, -0.2) is 29.0 Å². The van der Waals surface area contributed by atoms with Crippen LogP contribution in [0.4, 0.5) is 10.7 Å². The SMILES string of the molecule is COc1ccc(C(=O)Nc2sc3c(c2C(=O)O)CCCC3)cc1[N+](=O)[O-]. The molecule has 0 spiro atoms. The molecule has 2 N–H and O–H groups in total. The normalized spacial score (nSPS) is 13.0. The number of nitro groups is 1. The van der Waals surface area contributed by atoms with Crippen molar-refractivity contribution < 1.29 is 24.4 Å². The summed E-state index contributed by atoms with van der Waals surface area (Å²) in [5, 5.41) is 23.5. The fourth-order valence-electron chi connectivity index (χ4n) is 3.03. The maximum absolute atomic E-state index is 12.5. The largest absolute Gasteiger partial charge is 0.490 e. The highest BCUT2D eigenvalue weighted by molar-refractivity contribution is 7.17. The quantitative estimate of drug-likeness (QED) is 0.609. The number of methoxy groups -OCH3 is 1. The number of aryl methyl sites for hydroxylation is 1. The summed E-state index contributed by atoms with van der Waals surface area (Å²) in [7, 11) is 1.30. The van der Waals surface area contributed by atoms with Gasteiger partial charge in [0.25, 0.3) is 5.91 Å². The number of anilines is 1. The summed E-state index contributed by atoms with van der Waals surface area (Å²) in [6.45, 7) is 0. The Morgan fingerprint density at radius 1 is 1.31 bits per heavy atom. The Hall–Kier alpha value is -2.94. The molecule has 1 aromatic heterocycles. The van der Waals surface area contributed by atoms with E-state index in [1.165, 1.54) is 30.6 Å². The van der Waals surface area contributed by atoms with E-state index in [4.69, 9.17) is 4.74 Å². The van der Waals surface area contributed by atoms with Crippen LogP contribution in [0, 0.1) is 10.1 Å². The van der Waals surface area contributed by atoms with Crippen molar-refractivity contribution in [2.45, 2.75) is 25.7 Å². The van der Waals surface area contributed by atoms with Crippen LogP contribution >= 0.6 is 11.3 Å². The van der Waals surface area contributed by atoms with E-state index in [1.807, 2.05) is 0 Å². The number of aromatic carboxylic acids is 1. The van der Waals surface area contributed by atoms with Gasteiger partial charge >= 0.3 is 11.7 Å². The predicted octanol–water partition coefficient (Wildman–Crippen LogP) is 3.49. The number of nitro benzene ring substituents is 1. The van der Waals surface area contributed by atoms with Crippen LogP contribution in [0.2, 0.25) is 0 Å². The number of nitrogens with zero attached hydrogens (tertiary/aromatic N) is 1. The minimum absolute atomic E-state index is 0.0457. The average molecular weight is 376 g/mol. The van der Waals surface area contributed by atoms with Crippen LogP contribution in [0.3, 0.4) is 0 Å². The summed E-state index contributed by atoms with van der Waals surface area (Å²) in [5.41, 5.74) is 0.634. The molecule has 1 aromatic carbocycles. The first-order chi connectivity index (χ1) is 12.4. The lowest BCUT2D eigenvalue weighted by Crippen LogP contribution is -2.14. The standard InChI is InChI=1S/C17H16N2O6S/c1-25-12-7-6-9(8-11(12)19(23)24)15(20)18-16-14(17(21)22)10-4-2-3-5-13(10)26-16/h6-8H,2-5H2,1H3,(H,18,20)(H,21,22). The van der Waals surface area contributed by atoms with Crippen molar-refractivity contribution in [2.24, 2.45) is 0 Å². The lowest BCUT2D eigenvalue weighted by atomic mass is 9.95. The second kappa shape index (κ2) is 7.12. The number of hydrogen-bond donors (Lipinski definition) is 2. The van der Waals surface area contributed by atoms with E-state index in [0.29, 0.717) is 6.42 Å². The Morgan fingerprint density at radius 3 is 2.69 bits per heavy atom. The molecule has 136 valence electrons. The molecule has 1 amide bonds. The van der Waals surface area contributed by atoms with Crippen LogP contribution in [0.5, 0.6) is 5.75 Å². The number of carboxylic acid groups (broad SMARTS) is 1. The van der Waals surface area contributed by atoms with Gasteiger partial charge in [-0.15, -0.1) is 11.3 Å². The zero-order valence-electron chi connectivity index (χ0n) is 13.9. The minimum Gasteiger partial charge on any atom is -0.490 e. The summed E-state index contributed by atoms with van der Waals surface area (Å²) >= 11 is 1.26. The maximum atomic E-state index is 12.5. The van der Waals surface area contributed by atoms with Crippen molar-refractivity contribution >= 4 is 33.9 Å². The zero-order chi connectivity index (χ0) is 18.8. The molecule has 2 aromatic rings. The predicted molar refractivity (Wildman–Crippen MR) is 95.5 cm³/mol. The average Bonchev–Trinajstić information content (AvgIpc) is 2.98. The first-order valence-corrected chi connectivity index (χ1v) is 8.75. The number of benzene rings is 1. The third-order valence-electron chi connectivity index (χ3n) is 4.25. The molecule has 1 heterocycles. The Kier molecular flexibility index (Phi) is 4.90. The van der Waals surface area contributed by atoms with Gasteiger partial charge in [-0.05, 0) is 43.4 Å². The van der Waals surface area contributed by atoms with Crippen molar-refractivity contribution in [2.75, 3.05) is 12.4 Å². The fourth-order valence-corrected chi connectivity index (χ4v) is 4.31. The van der Waals surface area contributed by atoms with Gasteiger partial charge in [0.15, 0.2) is 5.75 Å². The fraction of sp³-hybridized carbons (Fsp3) is 0.294. The zero-order valence-corrected chi connectivity index (χ0v) is 14.7. The van der Waals surface area contributed by atoms with E-state index in [1.54, 1.807) is 0 Å². The maximum Gasteiger partial charge on any atom is 0.339 e. The van der Waals surface area contributed by atoms with Crippen molar-refractivity contribution in [3.05, 3.63) is 49.9 Å². The van der Waals surface area contributed by atoms with Crippen LogP contribution in [-0.2, 0) is 12.8 Å². The summed E-state index contributed by atoms with van der Waals surface area (Å²) in [5.74, 6) is -1.64. The molecule has 0 bridgehead atoms. The van der Waals surface area contributed by atoms with E-state index in [0.717, 1.165) is 35.8 Å². The second-order valence-corrected chi connectivity index (χ2v) is 6.92. The van der Waals surface area contributed by atoms with Gasteiger partial charge in [-0.2, -0.15) is 0 Å². The molecule has 1 aliphatic rings. The lowest BCUT2D eigenvalue weighted by molar-refractivity contribution is -0.385. The van der Waals surface area contributed by atoms with Crippen molar-refractivity contribution in [1.29, 1.82) is 0 Å². The number of carbonyl (C=O) groups is 2. The number of carbonyl (C=O) groups excluding carboxylic acids is 1. The summed E-state index contributed by atoms with van der Waals surface area (Å²) in [6, 6.07) is 3.85. The number of amides is 1. The number of rotatable bonds is 5. The van der Waals surface area contributed by atoms with E-state index < -0.39 is 16.8 Å². The third kappa shape index (κ3) is 3.25. The van der Waals surface area contributed by atoms with Crippen LogP contribution < -0.4 is 10.1 Å². The van der Waals surface area contributed by atoms with Gasteiger partial charge in [0.1, 0.15) is 5.00 Å². The Bertz CT molecular complexity index is 905. The van der Waals surface area contributed by atoms with Gasteiger partial charge in [-0.1, -0.05) is 0 Å². The van der Waals surface area contributed by atoms with Crippen molar-refractivity contribution in [1.82, 2.24) is 0 Å². The highest BCUT2D eigenvalue weighted by Gasteiger charge is 2.27. The molecule has 0 aliphatic heterocycles. The Balaban J connectivity index is 1.94. The van der Waals surface area contributed by atoms with Gasteiger partial charge in [0, 0.05) is 16.5 Å². The monoisotopic (exact) mass is 376 g/mol. The number of nitrogens with one attached hydrogen (secondary N) is 1. The summed E-state index contributed by atoms with van der Waals surface area (Å²) in [4.78, 5) is 35.6. The van der Waals surface area contributed by atoms with Crippen LogP contribution in [0.1, 0.15) is 44.0 Å². The Labute approximate surface area is 152 Å². The number of thiophene rings is 1. The second-order valence-electron chi connectivity index (χ2n) is 5.82. The van der Waals surface area contributed by atoms with Crippen molar-refractivity contribution in [3.8, 4) is 5.75 Å². The third-order valence-corrected chi connectivity index (χ3v) is 5.46. The van der Waals surface area contributed by atoms with Gasteiger partial charge in [-0.25, -0.2) is 4.79 Å². The van der Waals surface area contributed by atoms with Crippen molar-refractivity contribution in [3.63, 3.8) is 0 Å². The molecule has 8 nitrogen and oxygen atoms in total. The molecule has 0 radical (unpaired) electrons. The number of fused-ring (bicyclic) bond motifs is 1. The molecule has 0 saturated heterocycles.